The smallest absolute Gasteiger partial charge is 0.256 e. The van der Waals surface area contributed by atoms with E-state index in [9.17, 15) is 4.79 Å². The van der Waals surface area contributed by atoms with Crippen molar-refractivity contribution in [1.82, 2.24) is 4.90 Å². The molecular weight excluding hydrogens is 278 g/mol. The minimum atomic E-state index is -0.0444. The maximum Gasteiger partial charge on any atom is 0.256 e. The topological polar surface area (TPSA) is 20.3 Å². The maximum atomic E-state index is 12.5. The molecule has 19 heavy (non-hydrogen) atoms. The molecule has 0 aromatic heterocycles. The lowest BCUT2D eigenvalue weighted by Gasteiger charge is -2.16. The molecule has 2 aromatic rings. The fourth-order valence-electron chi connectivity index (χ4n) is 2.32. The molecule has 1 amide bonds. The van der Waals surface area contributed by atoms with E-state index < -0.39 is 0 Å². The van der Waals surface area contributed by atoms with E-state index in [1.54, 1.807) is 23.1 Å². The van der Waals surface area contributed by atoms with E-state index in [4.69, 9.17) is 11.6 Å². The highest BCUT2D eigenvalue weighted by molar-refractivity contribution is 7.80. The van der Waals surface area contributed by atoms with E-state index in [1.165, 1.54) is 11.1 Å². The van der Waals surface area contributed by atoms with Gasteiger partial charge in [0.2, 0.25) is 0 Å². The molecule has 4 heteroatoms. The molecule has 1 aliphatic heterocycles. The molecule has 0 aliphatic carbocycles. The van der Waals surface area contributed by atoms with Crippen molar-refractivity contribution in [2.75, 3.05) is 0 Å². The van der Waals surface area contributed by atoms with Crippen molar-refractivity contribution in [3.8, 4) is 0 Å². The molecule has 3 rings (SSSR count). The van der Waals surface area contributed by atoms with E-state index in [0.29, 0.717) is 23.7 Å². The molecule has 0 saturated carbocycles. The summed E-state index contributed by atoms with van der Waals surface area (Å²) >= 11 is 10.4. The van der Waals surface area contributed by atoms with Gasteiger partial charge in [0.25, 0.3) is 5.91 Å². The molecule has 0 spiro atoms. The van der Waals surface area contributed by atoms with Gasteiger partial charge >= 0.3 is 0 Å². The summed E-state index contributed by atoms with van der Waals surface area (Å²) in [5, 5.41) is 0.471. The molecule has 0 unspecified atom stereocenters. The fraction of sp³-hybridized carbons (Fsp3) is 0.133. The van der Waals surface area contributed by atoms with Gasteiger partial charge in [-0.25, -0.2) is 0 Å². The van der Waals surface area contributed by atoms with Crippen molar-refractivity contribution in [2.24, 2.45) is 0 Å². The van der Waals surface area contributed by atoms with Crippen LogP contribution in [-0.4, -0.2) is 10.8 Å². The molecule has 0 N–H and O–H groups in total. The molecule has 2 nitrogen and oxygen atoms in total. The second-order valence-electron chi connectivity index (χ2n) is 4.59. The Morgan fingerprint density at radius 3 is 2.37 bits per heavy atom. The Hall–Kier alpha value is -1.45. The molecule has 2 aromatic carbocycles. The van der Waals surface area contributed by atoms with Gasteiger partial charge < -0.3 is 4.90 Å². The summed E-state index contributed by atoms with van der Waals surface area (Å²) in [6.07, 6.45) is 0. The van der Waals surface area contributed by atoms with Crippen LogP contribution < -0.4 is 0 Å². The lowest BCUT2D eigenvalue weighted by atomic mass is 10.1. The zero-order chi connectivity index (χ0) is 13.4. The van der Waals surface area contributed by atoms with Crippen LogP contribution in [0.4, 0.5) is 0 Å². The number of hydrogen-bond acceptors (Lipinski definition) is 2. The summed E-state index contributed by atoms with van der Waals surface area (Å²) in [6, 6.07) is 13.3. The van der Waals surface area contributed by atoms with Gasteiger partial charge in [0.1, 0.15) is 0 Å². The quantitative estimate of drug-likeness (QED) is 0.792. The van der Waals surface area contributed by atoms with E-state index >= 15 is 0 Å². The number of carbonyl (C=O) groups is 1. The van der Waals surface area contributed by atoms with Crippen molar-refractivity contribution < 1.29 is 4.79 Å². The van der Waals surface area contributed by atoms with Crippen molar-refractivity contribution in [3.05, 3.63) is 64.2 Å². The van der Waals surface area contributed by atoms with Crippen molar-refractivity contribution >= 4 is 30.1 Å². The Kier molecular flexibility index (Phi) is 3.25. The predicted molar refractivity (Wildman–Crippen MR) is 78.7 cm³/mol. The highest BCUT2D eigenvalue weighted by Crippen LogP contribution is 2.27. The molecule has 1 heterocycles. The SMILES string of the molecule is O=C(c1cc(S)ccc1Cl)N1Cc2ccccc2C1. The first-order chi connectivity index (χ1) is 9.15. The van der Waals surface area contributed by atoms with Gasteiger partial charge in [-0.15, -0.1) is 12.6 Å². The Bertz CT molecular complexity index is 631. The van der Waals surface area contributed by atoms with Crippen LogP contribution in [0, 0.1) is 0 Å². The summed E-state index contributed by atoms with van der Waals surface area (Å²) in [7, 11) is 0. The van der Waals surface area contributed by atoms with Crippen LogP contribution in [0.15, 0.2) is 47.4 Å². The largest absolute Gasteiger partial charge is 0.330 e. The van der Waals surface area contributed by atoms with E-state index in [0.717, 1.165) is 4.90 Å². The van der Waals surface area contributed by atoms with Crippen LogP contribution in [0.1, 0.15) is 21.5 Å². The minimum Gasteiger partial charge on any atom is -0.330 e. The number of fused-ring (bicyclic) bond motifs is 1. The first-order valence-corrected chi connectivity index (χ1v) is 6.82. The monoisotopic (exact) mass is 289 g/mol. The molecule has 1 aliphatic rings. The van der Waals surface area contributed by atoms with Gasteiger partial charge in [-0.3, -0.25) is 4.79 Å². The van der Waals surface area contributed by atoms with Crippen molar-refractivity contribution in [3.63, 3.8) is 0 Å². The second kappa shape index (κ2) is 4.91. The number of halogens is 1. The van der Waals surface area contributed by atoms with Crippen LogP contribution in [0.25, 0.3) is 0 Å². The van der Waals surface area contributed by atoms with Gasteiger partial charge in [-0.05, 0) is 29.3 Å². The summed E-state index contributed by atoms with van der Waals surface area (Å²) in [5.74, 6) is -0.0444. The Morgan fingerprint density at radius 2 is 1.74 bits per heavy atom. The number of carbonyl (C=O) groups excluding carboxylic acids is 1. The summed E-state index contributed by atoms with van der Waals surface area (Å²) in [5.41, 5.74) is 2.92. The molecule has 0 saturated heterocycles. The molecule has 0 bridgehead atoms. The van der Waals surface area contributed by atoms with Gasteiger partial charge in [0.15, 0.2) is 0 Å². The first-order valence-electron chi connectivity index (χ1n) is 6.00. The first kappa shape index (κ1) is 12.6. The minimum absolute atomic E-state index is 0.0444. The molecular formula is C15H12ClNOS. The molecule has 96 valence electrons. The number of benzene rings is 2. The third-order valence-electron chi connectivity index (χ3n) is 3.31. The van der Waals surface area contributed by atoms with Crippen molar-refractivity contribution in [2.45, 2.75) is 18.0 Å². The van der Waals surface area contributed by atoms with Gasteiger partial charge in [-0.2, -0.15) is 0 Å². The van der Waals surface area contributed by atoms with E-state index in [2.05, 4.69) is 24.8 Å². The summed E-state index contributed by atoms with van der Waals surface area (Å²) in [4.78, 5) is 15.0. The highest BCUT2D eigenvalue weighted by Gasteiger charge is 2.25. The van der Waals surface area contributed by atoms with Gasteiger partial charge in [-0.1, -0.05) is 35.9 Å². The molecule has 0 fully saturated rings. The van der Waals surface area contributed by atoms with E-state index in [1.807, 2.05) is 12.1 Å². The average Bonchev–Trinajstić information content (AvgIpc) is 2.84. The average molecular weight is 290 g/mol. The Labute approximate surface area is 122 Å². The van der Waals surface area contributed by atoms with Crippen LogP contribution in [-0.2, 0) is 13.1 Å². The van der Waals surface area contributed by atoms with Crippen LogP contribution >= 0.6 is 24.2 Å². The van der Waals surface area contributed by atoms with Gasteiger partial charge in [0.05, 0.1) is 10.6 Å². The third-order valence-corrected chi connectivity index (χ3v) is 3.92. The number of thiol groups is 1. The summed E-state index contributed by atoms with van der Waals surface area (Å²) in [6.45, 7) is 1.28. The van der Waals surface area contributed by atoms with E-state index in [-0.39, 0.29) is 5.91 Å². The maximum absolute atomic E-state index is 12.5. The number of rotatable bonds is 1. The number of hydrogen-bond donors (Lipinski definition) is 1. The normalized spacial score (nSPS) is 13.5. The number of amides is 1. The third kappa shape index (κ3) is 2.36. The zero-order valence-corrected chi connectivity index (χ0v) is 11.8. The lowest BCUT2D eigenvalue weighted by Crippen LogP contribution is -2.25. The van der Waals surface area contributed by atoms with Crippen LogP contribution in [0.5, 0.6) is 0 Å². The second-order valence-corrected chi connectivity index (χ2v) is 5.52. The standard InChI is InChI=1S/C15H12ClNOS/c16-14-6-5-12(19)7-13(14)15(18)17-8-10-3-1-2-4-11(10)9-17/h1-7,19H,8-9H2. The zero-order valence-electron chi connectivity index (χ0n) is 10.1. The van der Waals surface area contributed by atoms with Gasteiger partial charge in [0, 0.05) is 18.0 Å². The number of nitrogens with zero attached hydrogens (tertiary/aromatic N) is 1. The lowest BCUT2D eigenvalue weighted by molar-refractivity contribution is 0.0751. The predicted octanol–water partition coefficient (Wildman–Crippen LogP) is 3.78. The van der Waals surface area contributed by atoms with Crippen molar-refractivity contribution in [1.29, 1.82) is 0 Å². The Morgan fingerprint density at radius 1 is 1.11 bits per heavy atom. The summed E-state index contributed by atoms with van der Waals surface area (Å²) < 4.78 is 0. The molecule has 0 atom stereocenters. The molecule has 0 radical (unpaired) electrons. The van der Waals surface area contributed by atoms with Crippen LogP contribution in [0.3, 0.4) is 0 Å². The highest BCUT2D eigenvalue weighted by atomic mass is 35.5. The Balaban J connectivity index is 1.89. The fourth-order valence-corrected chi connectivity index (χ4v) is 2.73. The van der Waals surface area contributed by atoms with Crippen LogP contribution in [0.2, 0.25) is 5.02 Å².